The van der Waals surface area contributed by atoms with Crippen LogP contribution in [0, 0.1) is 10.1 Å². The number of ether oxygens (including phenoxy) is 2. The van der Waals surface area contributed by atoms with E-state index in [1.54, 1.807) is 36.4 Å². The van der Waals surface area contributed by atoms with E-state index in [4.69, 9.17) is 32.7 Å². The molecule has 0 fully saturated rings. The molecule has 0 aliphatic rings. The lowest BCUT2D eigenvalue weighted by Gasteiger charge is -2.09. The largest absolute Gasteiger partial charge is 0.489 e. The number of hydrogen-bond donors (Lipinski definition) is 0. The van der Waals surface area contributed by atoms with Gasteiger partial charge in [-0.25, -0.2) is 0 Å². The molecule has 29 heavy (non-hydrogen) atoms. The Hall–Kier alpha value is -3.09. The van der Waals surface area contributed by atoms with Crippen molar-refractivity contribution >= 4 is 34.7 Å². The number of halogens is 2. The van der Waals surface area contributed by atoms with Crippen LogP contribution in [0.5, 0.6) is 11.5 Å². The van der Waals surface area contributed by atoms with Gasteiger partial charge in [0.1, 0.15) is 18.1 Å². The predicted octanol–water partition coefficient (Wildman–Crippen LogP) is 5.74. The lowest BCUT2D eigenvalue weighted by Crippen LogP contribution is -2.11. The number of carbonyl (C=O) groups excluding carboxylic acids is 1. The molecule has 0 saturated carbocycles. The van der Waals surface area contributed by atoms with Crippen LogP contribution < -0.4 is 9.47 Å². The Morgan fingerprint density at radius 2 is 1.48 bits per heavy atom. The first-order valence-electron chi connectivity index (χ1n) is 8.49. The average Bonchev–Trinajstić information content (AvgIpc) is 2.73. The topological polar surface area (TPSA) is 78.7 Å². The van der Waals surface area contributed by atoms with Crippen molar-refractivity contribution < 1.29 is 19.2 Å². The summed E-state index contributed by atoms with van der Waals surface area (Å²) in [6, 6.07) is 17.5. The van der Waals surface area contributed by atoms with Crippen LogP contribution in [0.4, 0.5) is 5.69 Å². The highest BCUT2D eigenvalue weighted by molar-refractivity contribution is 6.42. The SMILES string of the molecule is O=C(COc1ccc([N+](=O)[O-])cc1)c1ccc(OCc2ccc(Cl)c(Cl)c2)cc1. The lowest BCUT2D eigenvalue weighted by molar-refractivity contribution is -0.384. The van der Waals surface area contributed by atoms with E-state index in [9.17, 15) is 14.9 Å². The molecule has 0 saturated heterocycles. The van der Waals surface area contributed by atoms with Crippen LogP contribution in [0.1, 0.15) is 15.9 Å². The zero-order chi connectivity index (χ0) is 20.8. The summed E-state index contributed by atoms with van der Waals surface area (Å²) in [4.78, 5) is 22.4. The molecule has 8 heteroatoms. The number of non-ortho nitro benzene ring substituents is 1. The maximum atomic E-state index is 12.3. The van der Waals surface area contributed by atoms with Crippen LogP contribution in [0.3, 0.4) is 0 Å². The second kappa shape index (κ2) is 9.41. The van der Waals surface area contributed by atoms with Crippen molar-refractivity contribution in [3.05, 3.63) is 98.0 Å². The molecule has 0 heterocycles. The van der Waals surface area contributed by atoms with Crippen LogP contribution in [0.2, 0.25) is 10.0 Å². The van der Waals surface area contributed by atoms with Crippen LogP contribution in [0.25, 0.3) is 0 Å². The molecule has 0 atom stereocenters. The highest BCUT2D eigenvalue weighted by atomic mass is 35.5. The molecule has 0 unspecified atom stereocenters. The lowest BCUT2D eigenvalue weighted by atomic mass is 10.1. The van der Waals surface area contributed by atoms with Gasteiger partial charge in [0.2, 0.25) is 0 Å². The third kappa shape index (κ3) is 5.70. The molecule has 0 aliphatic carbocycles. The number of hydrogen-bond acceptors (Lipinski definition) is 5. The normalized spacial score (nSPS) is 10.4. The molecule has 148 valence electrons. The minimum Gasteiger partial charge on any atom is -0.489 e. The molecule has 0 radical (unpaired) electrons. The summed E-state index contributed by atoms with van der Waals surface area (Å²) in [6.45, 7) is 0.134. The maximum absolute atomic E-state index is 12.3. The van der Waals surface area contributed by atoms with Gasteiger partial charge in [-0.3, -0.25) is 14.9 Å². The van der Waals surface area contributed by atoms with E-state index >= 15 is 0 Å². The third-order valence-corrected chi connectivity index (χ3v) is 4.72. The van der Waals surface area contributed by atoms with E-state index in [2.05, 4.69) is 0 Å². The molecular formula is C21H15Cl2NO5. The third-order valence-electron chi connectivity index (χ3n) is 3.98. The smallest absolute Gasteiger partial charge is 0.269 e. The van der Waals surface area contributed by atoms with Gasteiger partial charge in [-0.15, -0.1) is 0 Å². The van der Waals surface area contributed by atoms with Gasteiger partial charge >= 0.3 is 0 Å². The Morgan fingerprint density at radius 3 is 2.10 bits per heavy atom. The molecule has 0 spiro atoms. The fourth-order valence-electron chi connectivity index (χ4n) is 2.43. The number of nitro benzene ring substituents is 1. The number of nitrogens with zero attached hydrogens (tertiary/aromatic N) is 1. The van der Waals surface area contributed by atoms with Gasteiger partial charge in [0.15, 0.2) is 12.4 Å². The summed E-state index contributed by atoms with van der Waals surface area (Å²) in [6.07, 6.45) is 0. The van der Waals surface area contributed by atoms with E-state index in [0.29, 0.717) is 33.7 Å². The fourth-order valence-corrected chi connectivity index (χ4v) is 2.75. The van der Waals surface area contributed by atoms with Gasteiger partial charge in [-0.05, 0) is 54.1 Å². The Bertz CT molecular complexity index is 1020. The molecule has 0 aromatic heterocycles. The Balaban J connectivity index is 1.52. The number of Topliss-reactive ketones (excluding diaryl/α,β-unsaturated/α-hetero) is 1. The first-order chi connectivity index (χ1) is 13.9. The van der Waals surface area contributed by atoms with Crippen molar-refractivity contribution in [2.24, 2.45) is 0 Å². The van der Waals surface area contributed by atoms with Gasteiger partial charge in [-0.2, -0.15) is 0 Å². The van der Waals surface area contributed by atoms with Gasteiger partial charge in [-0.1, -0.05) is 29.3 Å². The van der Waals surface area contributed by atoms with Gasteiger partial charge in [0.05, 0.1) is 15.0 Å². The molecular weight excluding hydrogens is 417 g/mol. The van der Waals surface area contributed by atoms with Crippen LogP contribution in [-0.4, -0.2) is 17.3 Å². The van der Waals surface area contributed by atoms with Crippen LogP contribution in [-0.2, 0) is 6.61 Å². The van der Waals surface area contributed by atoms with E-state index in [1.165, 1.54) is 24.3 Å². The number of rotatable bonds is 8. The number of nitro groups is 1. The van der Waals surface area contributed by atoms with E-state index < -0.39 is 4.92 Å². The van der Waals surface area contributed by atoms with Crippen molar-refractivity contribution in [3.63, 3.8) is 0 Å². The first kappa shape index (κ1) is 20.6. The zero-order valence-electron chi connectivity index (χ0n) is 15.0. The highest BCUT2D eigenvalue weighted by Gasteiger charge is 2.09. The molecule has 3 rings (SSSR count). The second-order valence-electron chi connectivity index (χ2n) is 6.02. The Labute approximate surface area is 176 Å². The molecule has 0 bridgehead atoms. The average molecular weight is 432 g/mol. The predicted molar refractivity (Wildman–Crippen MR) is 110 cm³/mol. The molecule has 3 aromatic rings. The minimum absolute atomic E-state index is 0.0415. The summed E-state index contributed by atoms with van der Waals surface area (Å²) in [5, 5.41) is 11.6. The zero-order valence-corrected chi connectivity index (χ0v) is 16.5. The molecule has 6 nitrogen and oxygen atoms in total. The van der Waals surface area contributed by atoms with Gasteiger partial charge in [0.25, 0.3) is 5.69 Å². The minimum atomic E-state index is -0.500. The number of benzene rings is 3. The highest BCUT2D eigenvalue weighted by Crippen LogP contribution is 2.24. The first-order valence-corrected chi connectivity index (χ1v) is 9.25. The Morgan fingerprint density at radius 1 is 0.862 bits per heavy atom. The number of ketones is 1. The summed E-state index contributed by atoms with van der Waals surface area (Å²) in [5.74, 6) is 0.758. The molecule has 0 N–H and O–H groups in total. The quantitative estimate of drug-likeness (QED) is 0.258. The van der Waals surface area contributed by atoms with Crippen molar-refractivity contribution in [2.75, 3.05) is 6.61 Å². The van der Waals surface area contributed by atoms with Gasteiger partial charge < -0.3 is 9.47 Å². The Kier molecular flexibility index (Phi) is 6.69. The molecule has 0 amide bonds. The van der Waals surface area contributed by atoms with Crippen LogP contribution >= 0.6 is 23.2 Å². The maximum Gasteiger partial charge on any atom is 0.269 e. The second-order valence-corrected chi connectivity index (χ2v) is 6.84. The van der Waals surface area contributed by atoms with Crippen molar-refractivity contribution in [3.8, 4) is 11.5 Å². The monoisotopic (exact) mass is 431 g/mol. The standard InChI is InChI=1S/C21H15Cl2NO5/c22-19-10-1-14(11-20(19)23)12-28-17-6-2-15(3-7-17)21(25)13-29-18-8-4-16(5-9-18)24(26)27/h1-11H,12-13H2. The van der Waals surface area contributed by atoms with Crippen molar-refractivity contribution in [1.82, 2.24) is 0 Å². The fraction of sp³-hybridized carbons (Fsp3) is 0.0952. The van der Waals surface area contributed by atoms with E-state index in [0.717, 1.165) is 5.56 Å². The molecule has 0 aliphatic heterocycles. The van der Waals surface area contributed by atoms with Crippen molar-refractivity contribution in [1.29, 1.82) is 0 Å². The molecule has 3 aromatic carbocycles. The van der Waals surface area contributed by atoms with E-state index in [1.807, 2.05) is 6.07 Å². The van der Waals surface area contributed by atoms with Crippen molar-refractivity contribution in [2.45, 2.75) is 6.61 Å². The summed E-state index contributed by atoms with van der Waals surface area (Å²) < 4.78 is 11.1. The van der Waals surface area contributed by atoms with E-state index in [-0.39, 0.29) is 18.1 Å². The summed E-state index contributed by atoms with van der Waals surface area (Å²) in [5.41, 5.74) is 1.30. The number of carbonyl (C=O) groups is 1. The summed E-state index contributed by atoms with van der Waals surface area (Å²) >= 11 is 11.9. The summed E-state index contributed by atoms with van der Waals surface area (Å²) in [7, 11) is 0. The van der Waals surface area contributed by atoms with Crippen LogP contribution in [0.15, 0.2) is 66.7 Å². The van der Waals surface area contributed by atoms with Gasteiger partial charge in [0, 0.05) is 17.7 Å².